The third-order valence-corrected chi connectivity index (χ3v) is 4.65. The lowest BCUT2D eigenvalue weighted by Gasteiger charge is -2.12. The zero-order valence-electron chi connectivity index (χ0n) is 16.7. The number of allylic oxidation sites excluding steroid dienone is 1. The number of benzene rings is 3. The van der Waals surface area contributed by atoms with E-state index in [-0.39, 0.29) is 34.4 Å². The van der Waals surface area contributed by atoms with Gasteiger partial charge in [-0.05, 0) is 48.0 Å². The molecule has 0 bridgehead atoms. The van der Waals surface area contributed by atoms with Crippen LogP contribution in [0.2, 0.25) is 0 Å². The number of rotatable bonds is 5. The van der Waals surface area contributed by atoms with E-state index in [1.807, 2.05) is 0 Å². The summed E-state index contributed by atoms with van der Waals surface area (Å²) in [5.74, 6) is -0.214. The van der Waals surface area contributed by atoms with Crippen molar-refractivity contribution in [1.82, 2.24) is 0 Å². The lowest BCUT2D eigenvalue weighted by molar-refractivity contribution is 0.0727. The van der Waals surface area contributed by atoms with E-state index in [4.69, 9.17) is 18.9 Å². The topological polar surface area (TPSA) is 71.1 Å². The van der Waals surface area contributed by atoms with Crippen LogP contribution in [0.15, 0.2) is 66.4 Å². The quantitative estimate of drug-likeness (QED) is 0.339. The fourth-order valence-electron chi connectivity index (χ4n) is 3.15. The molecule has 1 aliphatic rings. The van der Waals surface area contributed by atoms with Crippen molar-refractivity contribution < 1.29 is 32.9 Å². The third kappa shape index (κ3) is 3.98. The summed E-state index contributed by atoms with van der Waals surface area (Å²) in [5, 5.41) is 0. The molecule has 0 saturated heterocycles. The Balaban J connectivity index is 1.58. The second kappa shape index (κ2) is 8.31. The van der Waals surface area contributed by atoms with Gasteiger partial charge in [-0.1, -0.05) is 18.2 Å². The molecule has 0 radical (unpaired) electrons. The van der Waals surface area contributed by atoms with Crippen LogP contribution in [0.25, 0.3) is 6.08 Å². The minimum absolute atomic E-state index is 0.0940. The summed E-state index contributed by atoms with van der Waals surface area (Å²) >= 11 is 0. The molecule has 4 rings (SSSR count). The lowest BCUT2D eigenvalue weighted by Crippen LogP contribution is -2.12. The predicted molar refractivity (Wildman–Crippen MR) is 110 cm³/mol. The van der Waals surface area contributed by atoms with Gasteiger partial charge in [-0.15, -0.1) is 0 Å². The van der Waals surface area contributed by atoms with E-state index in [1.165, 1.54) is 62.8 Å². The average Bonchev–Trinajstić information content (AvgIpc) is 3.09. The summed E-state index contributed by atoms with van der Waals surface area (Å²) in [7, 11) is 2.88. The Labute approximate surface area is 177 Å². The van der Waals surface area contributed by atoms with Gasteiger partial charge in [0.25, 0.3) is 0 Å². The Bertz CT molecular complexity index is 1170. The number of hydrogen-bond acceptors (Lipinski definition) is 6. The van der Waals surface area contributed by atoms with Crippen LogP contribution in [0, 0.1) is 5.82 Å². The van der Waals surface area contributed by atoms with Crippen LogP contribution in [0.5, 0.6) is 23.0 Å². The average molecular weight is 420 g/mol. The highest BCUT2D eigenvalue weighted by Crippen LogP contribution is 2.36. The molecule has 3 aromatic carbocycles. The maximum Gasteiger partial charge on any atom is 0.351 e. The first-order valence-electron chi connectivity index (χ1n) is 9.27. The summed E-state index contributed by atoms with van der Waals surface area (Å²) < 4.78 is 34.7. The van der Waals surface area contributed by atoms with Gasteiger partial charge in [0.05, 0.1) is 19.8 Å². The van der Waals surface area contributed by atoms with Crippen molar-refractivity contribution in [2.24, 2.45) is 0 Å². The number of esters is 1. The first-order valence-corrected chi connectivity index (χ1v) is 9.27. The number of carbonyl (C=O) groups excluding carboxylic acids is 2. The van der Waals surface area contributed by atoms with Crippen LogP contribution in [-0.2, 0) is 0 Å². The van der Waals surface area contributed by atoms with E-state index in [0.29, 0.717) is 22.6 Å². The number of halogens is 1. The van der Waals surface area contributed by atoms with Crippen molar-refractivity contribution in [2.75, 3.05) is 14.2 Å². The molecule has 0 spiro atoms. The zero-order valence-corrected chi connectivity index (χ0v) is 16.7. The fraction of sp³-hybridized carbons (Fsp3) is 0.0833. The van der Waals surface area contributed by atoms with Gasteiger partial charge in [0, 0.05) is 6.07 Å². The molecular weight excluding hydrogens is 403 g/mol. The molecule has 0 N–H and O–H groups in total. The number of ketones is 1. The molecule has 1 aliphatic heterocycles. The normalized spacial score (nSPS) is 13.5. The van der Waals surface area contributed by atoms with Gasteiger partial charge in [0.15, 0.2) is 5.76 Å². The largest absolute Gasteiger partial charge is 0.496 e. The second-order valence-corrected chi connectivity index (χ2v) is 6.58. The monoisotopic (exact) mass is 420 g/mol. The van der Waals surface area contributed by atoms with Crippen LogP contribution in [0.1, 0.15) is 26.3 Å². The van der Waals surface area contributed by atoms with Gasteiger partial charge in [-0.2, -0.15) is 0 Å². The van der Waals surface area contributed by atoms with E-state index in [0.717, 1.165) is 0 Å². The van der Waals surface area contributed by atoms with E-state index in [9.17, 15) is 14.0 Å². The maximum atomic E-state index is 13.1. The number of carbonyl (C=O) groups is 2. The van der Waals surface area contributed by atoms with Gasteiger partial charge >= 0.3 is 5.97 Å². The Hall–Kier alpha value is -4.13. The van der Waals surface area contributed by atoms with Crippen LogP contribution in [0.3, 0.4) is 0 Å². The molecule has 0 aliphatic carbocycles. The lowest BCUT2D eigenvalue weighted by atomic mass is 10.1. The van der Waals surface area contributed by atoms with Crippen LogP contribution >= 0.6 is 0 Å². The van der Waals surface area contributed by atoms with Crippen molar-refractivity contribution in [3.63, 3.8) is 0 Å². The van der Waals surface area contributed by atoms with Gasteiger partial charge in [0.2, 0.25) is 5.78 Å². The Morgan fingerprint density at radius 3 is 2.29 bits per heavy atom. The Kier molecular flexibility index (Phi) is 5.41. The molecule has 7 heteroatoms. The highest BCUT2D eigenvalue weighted by atomic mass is 19.1. The Morgan fingerprint density at radius 2 is 1.65 bits per heavy atom. The fourth-order valence-corrected chi connectivity index (χ4v) is 3.15. The minimum Gasteiger partial charge on any atom is -0.496 e. The van der Waals surface area contributed by atoms with Gasteiger partial charge < -0.3 is 18.9 Å². The van der Waals surface area contributed by atoms with E-state index in [2.05, 4.69) is 0 Å². The predicted octanol–water partition coefficient (Wildman–Crippen LogP) is 4.68. The van der Waals surface area contributed by atoms with E-state index >= 15 is 0 Å². The molecule has 3 aromatic rings. The molecule has 0 aromatic heterocycles. The van der Waals surface area contributed by atoms with E-state index < -0.39 is 5.97 Å². The van der Waals surface area contributed by atoms with E-state index in [1.54, 1.807) is 18.2 Å². The molecular formula is C24H17FO6. The molecule has 156 valence electrons. The third-order valence-electron chi connectivity index (χ3n) is 4.65. The van der Waals surface area contributed by atoms with Crippen molar-refractivity contribution in [3.05, 3.63) is 88.9 Å². The maximum absolute atomic E-state index is 13.1. The number of methoxy groups -OCH3 is 2. The second-order valence-electron chi connectivity index (χ2n) is 6.58. The molecule has 31 heavy (non-hydrogen) atoms. The molecule has 1 heterocycles. The number of fused-ring (bicyclic) bond motifs is 1. The summed E-state index contributed by atoms with van der Waals surface area (Å²) in [4.78, 5) is 25.3. The first kappa shape index (κ1) is 20.2. The van der Waals surface area contributed by atoms with Crippen molar-refractivity contribution in [3.8, 4) is 23.0 Å². The summed E-state index contributed by atoms with van der Waals surface area (Å²) in [6, 6.07) is 15.1. The molecule has 0 amide bonds. The highest BCUT2D eigenvalue weighted by Gasteiger charge is 2.28. The standard InChI is InChI=1S/C24H17FO6/c1-28-18-4-3-5-19(29-2)22(18)24(27)30-16-10-11-17-20(13-16)31-21(23(17)26)12-14-6-8-15(25)9-7-14/h3-13H,1-2H3. The molecule has 0 atom stereocenters. The van der Waals surface area contributed by atoms with Crippen molar-refractivity contribution in [2.45, 2.75) is 0 Å². The minimum atomic E-state index is -0.680. The van der Waals surface area contributed by atoms with Crippen LogP contribution < -0.4 is 18.9 Å². The smallest absolute Gasteiger partial charge is 0.351 e. The molecule has 0 unspecified atom stereocenters. The zero-order chi connectivity index (χ0) is 22.0. The van der Waals surface area contributed by atoms with Crippen molar-refractivity contribution in [1.29, 1.82) is 0 Å². The van der Waals surface area contributed by atoms with Gasteiger partial charge in [0.1, 0.15) is 34.4 Å². The summed E-state index contributed by atoms with van der Waals surface area (Å²) in [6.45, 7) is 0. The van der Waals surface area contributed by atoms with Gasteiger partial charge in [-0.25, -0.2) is 9.18 Å². The number of ether oxygens (including phenoxy) is 4. The SMILES string of the molecule is COc1cccc(OC)c1C(=O)Oc1ccc2c(c1)OC(=Cc1ccc(F)cc1)C2=O. The summed E-state index contributed by atoms with van der Waals surface area (Å²) in [5.41, 5.74) is 1.09. The molecule has 0 fully saturated rings. The number of Topliss-reactive ketones (excluding diaryl/α,β-unsaturated/α-hetero) is 1. The van der Waals surface area contributed by atoms with Gasteiger partial charge in [-0.3, -0.25) is 4.79 Å². The summed E-state index contributed by atoms with van der Waals surface area (Å²) in [6.07, 6.45) is 1.52. The number of hydrogen-bond donors (Lipinski definition) is 0. The highest BCUT2D eigenvalue weighted by molar-refractivity contribution is 6.14. The first-order chi connectivity index (χ1) is 15.0. The van der Waals surface area contributed by atoms with Crippen LogP contribution in [0.4, 0.5) is 4.39 Å². The van der Waals surface area contributed by atoms with Crippen LogP contribution in [-0.4, -0.2) is 26.0 Å². The Morgan fingerprint density at radius 1 is 0.968 bits per heavy atom. The molecule has 0 saturated carbocycles. The van der Waals surface area contributed by atoms with Crippen molar-refractivity contribution >= 4 is 17.8 Å². The molecule has 6 nitrogen and oxygen atoms in total.